The van der Waals surface area contributed by atoms with Crippen molar-refractivity contribution in [3.8, 4) is 0 Å². The Bertz CT molecular complexity index is 267. The highest BCUT2D eigenvalue weighted by molar-refractivity contribution is 9.11. The molecule has 0 saturated carbocycles. The van der Waals surface area contributed by atoms with Gasteiger partial charge < -0.3 is 15.2 Å². The summed E-state index contributed by atoms with van der Waals surface area (Å²) in [6.45, 7) is 1.40. The molecule has 0 radical (unpaired) electrons. The van der Waals surface area contributed by atoms with Crippen LogP contribution in [-0.4, -0.2) is 31.5 Å². The second kappa shape index (κ2) is 6.53. The second-order valence-electron chi connectivity index (χ2n) is 2.92. The summed E-state index contributed by atoms with van der Waals surface area (Å²) in [7, 11) is 1.63. The van der Waals surface area contributed by atoms with Crippen molar-refractivity contribution in [2.75, 3.05) is 20.3 Å². The van der Waals surface area contributed by atoms with Gasteiger partial charge in [0.1, 0.15) is 0 Å². The molecule has 0 aliphatic heterocycles. The van der Waals surface area contributed by atoms with Gasteiger partial charge in [-0.15, -0.1) is 11.3 Å². The summed E-state index contributed by atoms with van der Waals surface area (Å²) in [5.41, 5.74) is 0. The topological polar surface area (TPSA) is 41.5 Å². The van der Waals surface area contributed by atoms with Gasteiger partial charge in [-0.1, -0.05) is 0 Å². The molecule has 0 saturated heterocycles. The molecule has 1 unspecified atom stereocenters. The third kappa shape index (κ3) is 4.06. The Labute approximate surface area is 96.2 Å². The fraction of sp³-hybridized carbons (Fsp3) is 0.556. The van der Waals surface area contributed by atoms with Crippen LogP contribution in [0.4, 0.5) is 0 Å². The first-order valence-corrected chi connectivity index (χ1v) is 5.94. The molecule has 0 spiro atoms. The molecule has 1 aromatic rings. The predicted molar refractivity (Wildman–Crippen MR) is 61.6 cm³/mol. The zero-order valence-corrected chi connectivity index (χ0v) is 10.4. The molecule has 80 valence electrons. The second-order valence-corrected chi connectivity index (χ2v) is 5.47. The van der Waals surface area contributed by atoms with Crippen molar-refractivity contribution in [3.63, 3.8) is 0 Å². The molecule has 0 bridgehead atoms. The minimum atomic E-state index is 0.0147. The minimum Gasteiger partial charge on any atom is -0.395 e. The van der Waals surface area contributed by atoms with Crippen LogP contribution in [0.15, 0.2) is 15.9 Å². The number of rotatable bonds is 6. The quantitative estimate of drug-likeness (QED) is 0.832. The summed E-state index contributed by atoms with van der Waals surface area (Å²) in [6, 6.07) is 4.09. The van der Waals surface area contributed by atoms with Crippen LogP contribution < -0.4 is 5.32 Å². The number of methoxy groups -OCH3 is 1. The summed E-state index contributed by atoms with van der Waals surface area (Å²) < 4.78 is 6.09. The van der Waals surface area contributed by atoms with Gasteiger partial charge in [-0.2, -0.15) is 0 Å². The average molecular weight is 280 g/mol. The van der Waals surface area contributed by atoms with E-state index >= 15 is 0 Å². The van der Waals surface area contributed by atoms with E-state index in [1.807, 2.05) is 6.07 Å². The van der Waals surface area contributed by atoms with Crippen LogP contribution in [0.25, 0.3) is 0 Å². The molecule has 14 heavy (non-hydrogen) atoms. The normalized spacial score (nSPS) is 13.1. The third-order valence-electron chi connectivity index (χ3n) is 1.78. The maximum Gasteiger partial charge on any atom is 0.0701 e. The fourth-order valence-corrected chi connectivity index (χ4v) is 2.50. The van der Waals surface area contributed by atoms with E-state index in [9.17, 15) is 0 Å². The zero-order valence-electron chi connectivity index (χ0n) is 8.00. The van der Waals surface area contributed by atoms with Gasteiger partial charge in [0.05, 0.1) is 23.0 Å². The number of thiophene rings is 1. The lowest BCUT2D eigenvalue weighted by Gasteiger charge is -2.14. The van der Waals surface area contributed by atoms with Crippen molar-refractivity contribution in [1.29, 1.82) is 0 Å². The highest BCUT2D eigenvalue weighted by Gasteiger charge is 2.06. The van der Waals surface area contributed by atoms with Crippen molar-refractivity contribution in [3.05, 3.63) is 20.8 Å². The zero-order chi connectivity index (χ0) is 10.4. The summed E-state index contributed by atoms with van der Waals surface area (Å²) in [6.07, 6.45) is 0. The summed E-state index contributed by atoms with van der Waals surface area (Å²) in [5.74, 6) is 0. The molecular formula is C9H14BrNO2S. The molecule has 0 aliphatic carbocycles. The first kappa shape index (κ1) is 12.1. The third-order valence-corrected chi connectivity index (χ3v) is 3.41. The van der Waals surface area contributed by atoms with E-state index in [-0.39, 0.29) is 12.6 Å². The number of aliphatic hydroxyl groups is 1. The van der Waals surface area contributed by atoms with E-state index in [4.69, 9.17) is 9.84 Å². The van der Waals surface area contributed by atoms with Crippen LogP contribution in [0, 0.1) is 0 Å². The molecule has 1 heterocycles. The number of halogens is 1. The van der Waals surface area contributed by atoms with Gasteiger partial charge in [-0.25, -0.2) is 0 Å². The number of hydrogen-bond donors (Lipinski definition) is 2. The van der Waals surface area contributed by atoms with E-state index < -0.39 is 0 Å². The van der Waals surface area contributed by atoms with Gasteiger partial charge in [0.25, 0.3) is 0 Å². The predicted octanol–water partition coefficient (Wildman–Crippen LogP) is 1.61. The molecule has 3 nitrogen and oxygen atoms in total. The standard InChI is InChI=1S/C9H14BrNO2S/c1-13-6-7(5-12)11-4-8-2-3-9(10)14-8/h2-3,7,11-12H,4-6H2,1H3. The average Bonchev–Trinajstić information content (AvgIpc) is 2.59. The fourth-order valence-electron chi connectivity index (χ4n) is 1.07. The van der Waals surface area contributed by atoms with Gasteiger partial charge in [0.2, 0.25) is 0 Å². The summed E-state index contributed by atoms with van der Waals surface area (Å²) in [4.78, 5) is 1.24. The van der Waals surface area contributed by atoms with Crippen molar-refractivity contribution >= 4 is 27.3 Å². The number of nitrogens with one attached hydrogen (secondary N) is 1. The summed E-state index contributed by atoms with van der Waals surface area (Å²) in [5, 5.41) is 12.2. The van der Waals surface area contributed by atoms with Crippen molar-refractivity contribution in [2.24, 2.45) is 0 Å². The minimum absolute atomic E-state index is 0.0147. The van der Waals surface area contributed by atoms with E-state index in [2.05, 4.69) is 27.3 Å². The number of ether oxygens (including phenoxy) is 1. The van der Waals surface area contributed by atoms with Gasteiger partial charge in [-0.05, 0) is 28.1 Å². The Balaban J connectivity index is 2.31. The maximum atomic E-state index is 8.99. The smallest absolute Gasteiger partial charge is 0.0701 e. The van der Waals surface area contributed by atoms with Gasteiger partial charge >= 0.3 is 0 Å². The van der Waals surface area contributed by atoms with Crippen LogP contribution >= 0.6 is 27.3 Å². The van der Waals surface area contributed by atoms with E-state index in [1.165, 1.54) is 4.88 Å². The SMILES string of the molecule is COCC(CO)NCc1ccc(Br)s1. The lowest BCUT2D eigenvalue weighted by Crippen LogP contribution is -2.35. The molecule has 0 amide bonds. The first-order valence-electron chi connectivity index (χ1n) is 4.33. The van der Waals surface area contributed by atoms with Crippen molar-refractivity contribution < 1.29 is 9.84 Å². The Morgan fingerprint density at radius 2 is 2.43 bits per heavy atom. The van der Waals surface area contributed by atoms with Crippen LogP contribution in [0.1, 0.15) is 4.88 Å². The van der Waals surface area contributed by atoms with Gasteiger partial charge in [0, 0.05) is 18.5 Å². The molecule has 1 rings (SSSR count). The highest BCUT2D eigenvalue weighted by atomic mass is 79.9. The van der Waals surface area contributed by atoms with E-state index in [0.29, 0.717) is 6.61 Å². The lowest BCUT2D eigenvalue weighted by atomic mass is 10.3. The van der Waals surface area contributed by atoms with Crippen LogP contribution in [0.5, 0.6) is 0 Å². The lowest BCUT2D eigenvalue weighted by molar-refractivity contribution is 0.128. The van der Waals surface area contributed by atoms with Crippen LogP contribution in [0.3, 0.4) is 0 Å². The Morgan fingerprint density at radius 1 is 1.64 bits per heavy atom. The largest absolute Gasteiger partial charge is 0.395 e. The van der Waals surface area contributed by atoms with Gasteiger partial charge in [-0.3, -0.25) is 0 Å². The van der Waals surface area contributed by atoms with Crippen LogP contribution in [-0.2, 0) is 11.3 Å². The Hall–Kier alpha value is 0.0600. The molecule has 1 atom stereocenters. The monoisotopic (exact) mass is 279 g/mol. The summed E-state index contributed by atoms with van der Waals surface area (Å²) >= 11 is 5.09. The maximum absolute atomic E-state index is 8.99. The van der Waals surface area contributed by atoms with Gasteiger partial charge in [0.15, 0.2) is 0 Å². The molecule has 1 aromatic heterocycles. The Morgan fingerprint density at radius 3 is 2.93 bits per heavy atom. The molecule has 0 fully saturated rings. The molecule has 2 N–H and O–H groups in total. The molecule has 0 aliphatic rings. The van der Waals surface area contributed by atoms with E-state index in [0.717, 1.165) is 10.3 Å². The Kier molecular flexibility index (Phi) is 5.66. The van der Waals surface area contributed by atoms with Crippen molar-refractivity contribution in [2.45, 2.75) is 12.6 Å². The van der Waals surface area contributed by atoms with E-state index in [1.54, 1.807) is 18.4 Å². The van der Waals surface area contributed by atoms with Crippen molar-refractivity contribution in [1.82, 2.24) is 5.32 Å². The first-order chi connectivity index (χ1) is 6.76. The molecule has 0 aromatic carbocycles. The number of aliphatic hydroxyl groups excluding tert-OH is 1. The highest BCUT2D eigenvalue weighted by Crippen LogP contribution is 2.21. The number of hydrogen-bond acceptors (Lipinski definition) is 4. The van der Waals surface area contributed by atoms with Crippen LogP contribution in [0.2, 0.25) is 0 Å². The molecule has 5 heteroatoms. The molecular weight excluding hydrogens is 266 g/mol.